The Labute approximate surface area is 179 Å². The normalized spacial score (nSPS) is 20.7. The van der Waals surface area contributed by atoms with Gasteiger partial charge in [0, 0.05) is 33.0 Å². The second kappa shape index (κ2) is 9.36. The summed E-state index contributed by atoms with van der Waals surface area (Å²) in [6, 6.07) is 15.7. The van der Waals surface area contributed by atoms with Gasteiger partial charge in [0.25, 0.3) is 5.09 Å². The highest BCUT2D eigenvalue weighted by Gasteiger charge is 2.44. The molecule has 2 aromatic carbocycles. The van der Waals surface area contributed by atoms with E-state index in [0.717, 1.165) is 15.6 Å². The van der Waals surface area contributed by atoms with Crippen LogP contribution in [0.15, 0.2) is 71.7 Å². The van der Waals surface area contributed by atoms with Gasteiger partial charge in [-0.15, -0.1) is 10.1 Å². The number of rotatable bonds is 4. The standard InChI is InChI=1S/C19H16BrClN2O2.HNO3/c20-15-7-5-14(6-8-15)19(12-23-10-9-22-13-23)24-11-18(25-19)16-3-1-2-4-17(16)21;2-1(3)4/h1-10,13,18H,11-12H2;(H,2,3,4). The zero-order valence-corrected chi connectivity index (χ0v) is 17.4. The van der Waals surface area contributed by atoms with Crippen LogP contribution in [0.5, 0.6) is 0 Å². The maximum absolute atomic E-state index is 8.36. The van der Waals surface area contributed by atoms with Crippen molar-refractivity contribution in [3.05, 3.63) is 98.0 Å². The maximum Gasteiger partial charge on any atom is 0.291 e. The van der Waals surface area contributed by atoms with Crippen molar-refractivity contribution in [1.82, 2.24) is 9.55 Å². The molecule has 0 saturated carbocycles. The van der Waals surface area contributed by atoms with Crippen molar-refractivity contribution in [2.45, 2.75) is 18.4 Å². The molecule has 0 spiro atoms. The minimum Gasteiger partial charge on any atom is -0.341 e. The van der Waals surface area contributed by atoms with E-state index in [0.29, 0.717) is 18.2 Å². The van der Waals surface area contributed by atoms with Crippen LogP contribution in [0.25, 0.3) is 0 Å². The second-order valence-electron chi connectivity index (χ2n) is 6.17. The summed E-state index contributed by atoms with van der Waals surface area (Å²) in [6.45, 7) is 0.948. The minimum absolute atomic E-state index is 0.221. The van der Waals surface area contributed by atoms with E-state index in [1.54, 1.807) is 12.5 Å². The molecule has 1 saturated heterocycles. The van der Waals surface area contributed by atoms with Gasteiger partial charge in [-0.1, -0.05) is 57.9 Å². The van der Waals surface area contributed by atoms with Crippen LogP contribution < -0.4 is 0 Å². The van der Waals surface area contributed by atoms with Crippen LogP contribution in [-0.2, 0) is 21.8 Å². The van der Waals surface area contributed by atoms with E-state index in [9.17, 15) is 0 Å². The molecule has 0 amide bonds. The topological polar surface area (TPSA) is 99.7 Å². The van der Waals surface area contributed by atoms with Crippen molar-refractivity contribution < 1.29 is 19.8 Å². The fourth-order valence-electron chi connectivity index (χ4n) is 3.05. The smallest absolute Gasteiger partial charge is 0.291 e. The van der Waals surface area contributed by atoms with E-state index in [4.69, 9.17) is 36.4 Å². The first kappa shape index (κ1) is 21.3. The summed E-state index contributed by atoms with van der Waals surface area (Å²) in [5.41, 5.74) is 1.90. The number of nitrogens with zero attached hydrogens (tertiary/aromatic N) is 3. The first-order valence-corrected chi connectivity index (χ1v) is 9.68. The van der Waals surface area contributed by atoms with Crippen molar-refractivity contribution in [3.63, 3.8) is 0 Å². The van der Waals surface area contributed by atoms with E-state index in [1.165, 1.54) is 0 Å². The van der Waals surface area contributed by atoms with Crippen LogP contribution >= 0.6 is 27.5 Å². The van der Waals surface area contributed by atoms with Crippen LogP contribution in [0, 0.1) is 10.1 Å². The third-order valence-electron chi connectivity index (χ3n) is 4.29. The van der Waals surface area contributed by atoms with Crippen molar-refractivity contribution in [2.75, 3.05) is 6.61 Å². The summed E-state index contributed by atoms with van der Waals surface area (Å²) in [5, 5.41) is 14.3. The predicted molar refractivity (Wildman–Crippen MR) is 108 cm³/mol. The average molecular weight is 483 g/mol. The van der Waals surface area contributed by atoms with Gasteiger partial charge in [0.2, 0.25) is 5.79 Å². The molecular formula is C19H17BrClN3O5. The molecule has 2 unspecified atom stereocenters. The molecule has 1 N–H and O–H groups in total. The lowest BCUT2D eigenvalue weighted by Gasteiger charge is -2.29. The summed E-state index contributed by atoms with van der Waals surface area (Å²) in [5.74, 6) is -0.884. The van der Waals surface area contributed by atoms with E-state index in [-0.39, 0.29) is 6.10 Å². The van der Waals surface area contributed by atoms with E-state index in [1.807, 2.05) is 59.3 Å². The minimum atomic E-state index is -1.50. The Kier molecular flexibility index (Phi) is 6.86. The molecule has 10 heteroatoms. The molecule has 1 aliphatic heterocycles. The summed E-state index contributed by atoms with van der Waals surface area (Å²) < 4.78 is 15.6. The lowest BCUT2D eigenvalue weighted by molar-refractivity contribution is -0.742. The van der Waals surface area contributed by atoms with Gasteiger partial charge in [0.05, 0.1) is 19.5 Å². The Morgan fingerprint density at radius 1 is 1.31 bits per heavy atom. The van der Waals surface area contributed by atoms with Gasteiger partial charge in [-0.2, -0.15) is 0 Å². The lowest BCUT2D eigenvalue weighted by atomic mass is 10.1. The highest BCUT2D eigenvalue weighted by molar-refractivity contribution is 9.10. The van der Waals surface area contributed by atoms with Gasteiger partial charge in [-0.3, -0.25) is 0 Å². The zero-order valence-electron chi connectivity index (χ0n) is 15.0. The van der Waals surface area contributed by atoms with Crippen molar-refractivity contribution in [1.29, 1.82) is 0 Å². The molecule has 8 nitrogen and oxygen atoms in total. The summed E-state index contributed by atoms with van der Waals surface area (Å²) in [6.07, 6.45) is 5.18. The molecule has 0 aliphatic carbocycles. The summed E-state index contributed by atoms with van der Waals surface area (Å²) in [7, 11) is 0. The fraction of sp³-hybridized carbons (Fsp3) is 0.211. The third kappa shape index (κ3) is 5.33. The van der Waals surface area contributed by atoms with Crippen molar-refractivity contribution >= 4 is 27.5 Å². The number of ether oxygens (including phenoxy) is 2. The van der Waals surface area contributed by atoms with Crippen LogP contribution in [0.2, 0.25) is 5.02 Å². The molecule has 152 valence electrons. The predicted octanol–water partition coefficient (Wildman–Crippen LogP) is 4.59. The molecule has 0 radical (unpaired) electrons. The molecule has 4 rings (SSSR count). The van der Waals surface area contributed by atoms with E-state index < -0.39 is 10.9 Å². The fourth-order valence-corrected chi connectivity index (χ4v) is 3.57. The molecule has 1 aromatic heterocycles. The number of aromatic nitrogens is 2. The molecule has 29 heavy (non-hydrogen) atoms. The molecular weight excluding hydrogens is 466 g/mol. The first-order chi connectivity index (χ1) is 13.9. The van der Waals surface area contributed by atoms with Crippen LogP contribution in [-0.4, -0.2) is 26.5 Å². The Morgan fingerprint density at radius 2 is 2.00 bits per heavy atom. The highest BCUT2D eigenvalue weighted by Crippen LogP contribution is 2.43. The summed E-state index contributed by atoms with van der Waals surface area (Å²) in [4.78, 5) is 12.5. The van der Waals surface area contributed by atoms with Gasteiger partial charge >= 0.3 is 0 Å². The van der Waals surface area contributed by atoms with Crippen LogP contribution in [0.3, 0.4) is 0 Å². The van der Waals surface area contributed by atoms with Crippen LogP contribution in [0.4, 0.5) is 0 Å². The Balaban J connectivity index is 0.000000552. The number of imidazole rings is 1. The maximum atomic E-state index is 8.36. The van der Waals surface area contributed by atoms with Crippen molar-refractivity contribution in [3.8, 4) is 0 Å². The SMILES string of the molecule is Clc1ccccc1C1COC(Cn2ccnc2)(c2ccc(Br)cc2)O1.O=[N+]([O-])O. The number of halogens is 2. The molecule has 1 aliphatic rings. The van der Waals surface area contributed by atoms with Gasteiger partial charge < -0.3 is 19.2 Å². The van der Waals surface area contributed by atoms with E-state index >= 15 is 0 Å². The lowest BCUT2D eigenvalue weighted by Crippen LogP contribution is -2.32. The Morgan fingerprint density at radius 3 is 2.62 bits per heavy atom. The Bertz CT molecular complexity index is 951. The quantitative estimate of drug-likeness (QED) is 0.431. The molecule has 3 aromatic rings. The monoisotopic (exact) mass is 481 g/mol. The third-order valence-corrected chi connectivity index (χ3v) is 5.16. The van der Waals surface area contributed by atoms with Crippen LogP contribution in [0.1, 0.15) is 17.2 Å². The molecule has 0 bridgehead atoms. The van der Waals surface area contributed by atoms with Crippen molar-refractivity contribution in [2.24, 2.45) is 0 Å². The number of hydrogen-bond donors (Lipinski definition) is 1. The highest BCUT2D eigenvalue weighted by atomic mass is 79.9. The summed E-state index contributed by atoms with van der Waals surface area (Å²) >= 11 is 9.83. The molecule has 2 heterocycles. The van der Waals surface area contributed by atoms with Gasteiger partial charge in [-0.05, 0) is 18.2 Å². The molecule has 1 fully saturated rings. The average Bonchev–Trinajstić information content (AvgIpc) is 3.33. The van der Waals surface area contributed by atoms with E-state index in [2.05, 4.69) is 20.9 Å². The first-order valence-electron chi connectivity index (χ1n) is 8.51. The van der Waals surface area contributed by atoms with Gasteiger partial charge in [0.1, 0.15) is 6.10 Å². The Hall–Kier alpha value is -2.46. The largest absolute Gasteiger partial charge is 0.341 e. The molecule has 2 atom stereocenters. The number of benzene rings is 2. The number of hydrogen-bond acceptors (Lipinski definition) is 5. The second-order valence-corrected chi connectivity index (χ2v) is 7.49. The van der Waals surface area contributed by atoms with Gasteiger partial charge in [0.15, 0.2) is 0 Å². The zero-order chi connectivity index (χ0) is 20.9. The van der Waals surface area contributed by atoms with Gasteiger partial charge in [-0.25, -0.2) is 4.98 Å².